The molecule has 7 heteroatoms. The van der Waals surface area contributed by atoms with Crippen LogP contribution in [0.15, 0.2) is 36.0 Å². The molecule has 1 aromatic rings. The third kappa shape index (κ3) is 5.45. The molecule has 0 saturated heterocycles. The number of allylic oxidation sites excluding steroid dienone is 1. The lowest BCUT2D eigenvalue weighted by molar-refractivity contribution is -0.431. The van der Waals surface area contributed by atoms with Crippen LogP contribution in [0.2, 0.25) is 5.02 Å². The Labute approximate surface area is 145 Å². The number of nitro groups is 1. The lowest BCUT2D eigenvalue weighted by Gasteiger charge is -2.21. The van der Waals surface area contributed by atoms with Crippen molar-refractivity contribution >= 4 is 23.9 Å². The van der Waals surface area contributed by atoms with E-state index in [0.29, 0.717) is 29.7 Å². The molecule has 1 aromatic carbocycles. The van der Waals surface area contributed by atoms with Crippen LogP contribution in [-0.4, -0.2) is 23.8 Å². The number of ether oxygens (including phenoxy) is 1. The predicted octanol–water partition coefficient (Wildman–Crippen LogP) is 3.76. The van der Waals surface area contributed by atoms with E-state index in [1.165, 1.54) is 0 Å². The van der Waals surface area contributed by atoms with Gasteiger partial charge >= 0.3 is 5.97 Å². The minimum absolute atomic E-state index is 0.105. The minimum Gasteiger partial charge on any atom is -0.463 e. The fourth-order valence-corrected chi connectivity index (χ4v) is 2.74. The molecule has 0 unspecified atom stereocenters. The third-order valence-electron chi connectivity index (χ3n) is 3.51. The van der Waals surface area contributed by atoms with E-state index in [-0.39, 0.29) is 12.3 Å². The number of carbonyl (C=O) groups is 2. The molecule has 0 aliphatic rings. The number of benzene rings is 1. The SMILES string of the molecule is CCC[C@@H](C=O)[C@H](/C(=C/C(=O)OCC)[N+](=O)[O-])c1cccc(Cl)c1. The van der Waals surface area contributed by atoms with Crippen LogP contribution in [0.5, 0.6) is 0 Å². The lowest BCUT2D eigenvalue weighted by atomic mass is 9.81. The summed E-state index contributed by atoms with van der Waals surface area (Å²) in [5, 5.41) is 11.9. The summed E-state index contributed by atoms with van der Waals surface area (Å²) in [4.78, 5) is 34.1. The summed E-state index contributed by atoms with van der Waals surface area (Å²) < 4.78 is 4.77. The normalized spacial score (nSPS) is 13.9. The maximum atomic E-state index is 11.7. The van der Waals surface area contributed by atoms with Crippen LogP contribution in [0.1, 0.15) is 38.2 Å². The summed E-state index contributed by atoms with van der Waals surface area (Å²) in [6.45, 7) is 3.60. The van der Waals surface area contributed by atoms with Gasteiger partial charge < -0.3 is 9.53 Å². The van der Waals surface area contributed by atoms with Crippen molar-refractivity contribution in [2.24, 2.45) is 5.92 Å². The standard InChI is InChI=1S/C17H20ClNO5/c1-3-6-13(11-20)17(12-7-5-8-14(18)9-12)15(19(22)23)10-16(21)24-4-2/h5,7-11,13,17H,3-4,6H2,1-2H3/b15-10-/t13-,17+/m0/s1. The molecule has 0 aliphatic carbocycles. The van der Waals surface area contributed by atoms with Gasteiger partial charge in [0.25, 0.3) is 5.70 Å². The molecule has 130 valence electrons. The third-order valence-corrected chi connectivity index (χ3v) is 3.75. The first-order valence-electron chi connectivity index (χ1n) is 7.68. The van der Waals surface area contributed by atoms with Gasteiger partial charge in [0, 0.05) is 10.9 Å². The zero-order chi connectivity index (χ0) is 18.1. The molecule has 0 aliphatic heterocycles. The van der Waals surface area contributed by atoms with Crippen LogP contribution in [0.3, 0.4) is 0 Å². The molecule has 0 radical (unpaired) electrons. The summed E-state index contributed by atoms with van der Waals surface area (Å²) in [5.41, 5.74) is 0.140. The van der Waals surface area contributed by atoms with Crippen LogP contribution >= 0.6 is 11.6 Å². The summed E-state index contributed by atoms with van der Waals surface area (Å²) in [5.74, 6) is -2.32. The van der Waals surface area contributed by atoms with Crippen molar-refractivity contribution in [3.63, 3.8) is 0 Å². The summed E-state index contributed by atoms with van der Waals surface area (Å²) in [6.07, 6.45) is 2.67. The van der Waals surface area contributed by atoms with Gasteiger partial charge in [-0.1, -0.05) is 37.1 Å². The molecule has 0 fully saturated rings. The van der Waals surface area contributed by atoms with Crippen LogP contribution in [0.25, 0.3) is 0 Å². The Morgan fingerprint density at radius 2 is 2.12 bits per heavy atom. The first kappa shape index (κ1) is 19.8. The molecule has 0 spiro atoms. The summed E-state index contributed by atoms with van der Waals surface area (Å²) >= 11 is 5.98. The second-order valence-electron chi connectivity index (χ2n) is 5.20. The molecule has 1 rings (SSSR count). The van der Waals surface area contributed by atoms with E-state index in [9.17, 15) is 19.7 Å². The Balaban J connectivity index is 3.44. The topological polar surface area (TPSA) is 86.5 Å². The maximum absolute atomic E-state index is 11.7. The van der Waals surface area contributed by atoms with E-state index in [0.717, 1.165) is 6.08 Å². The van der Waals surface area contributed by atoms with Crippen LogP contribution < -0.4 is 0 Å². The molecule has 2 atom stereocenters. The zero-order valence-electron chi connectivity index (χ0n) is 13.6. The van der Waals surface area contributed by atoms with Gasteiger partial charge in [-0.2, -0.15) is 0 Å². The number of aldehydes is 1. The molecule has 0 amide bonds. The quantitative estimate of drug-likeness (QED) is 0.222. The first-order valence-corrected chi connectivity index (χ1v) is 8.05. The zero-order valence-corrected chi connectivity index (χ0v) is 14.4. The molecule has 0 N–H and O–H groups in total. The average molecular weight is 354 g/mol. The summed E-state index contributed by atoms with van der Waals surface area (Å²) in [6, 6.07) is 6.52. The van der Waals surface area contributed by atoms with Crippen molar-refractivity contribution in [1.29, 1.82) is 0 Å². The van der Waals surface area contributed by atoms with Crippen molar-refractivity contribution in [2.75, 3.05) is 6.61 Å². The smallest absolute Gasteiger partial charge is 0.337 e. The molecule has 0 bridgehead atoms. The largest absolute Gasteiger partial charge is 0.463 e. The summed E-state index contributed by atoms with van der Waals surface area (Å²) in [7, 11) is 0. The average Bonchev–Trinajstić information content (AvgIpc) is 2.53. The van der Waals surface area contributed by atoms with Crippen LogP contribution in [0.4, 0.5) is 0 Å². The van der Waals surface area contributed by atoms with Crippen molar-refractivity contribution < 1.29 is 19.2 Å². The highest BCUT2D eigenvalue weighted by Crippen LogP contribution is 2.35. The fraction of sp³-hybridized carbons (Fsp3) is 0.412. The fourth-order valence-electron chi connectivity index (χ4n) is 2.54. The van der Waals surface area contributed by atoms with Gasteiger partial charge in [0.15, 0.2) is 0 Å². The molecular weight excluding hydrogens is 334 g/mol. The van der Waals surface area contributed by atoms with E-state index in [1.807, 2.05) is 6.92 Å². The highest BCUT2D eigenvalue weighted by atomic mass is 35.5. The van der Waals surface area contributed by atoms with E-state index in [1.54, 1.807) is 31.2 Å². The van der Waals surface area contributed by atoms with E-state index < -0.39 is 22.7 Å². The van der Waals surface area contributed by atoms with Crippen molar-refractivity contribution in [3.05, 3.63) is 56.7 Å². The Morgan fingerprint density at radius 1 is 1.42 bits per heavy atom. The Hall–Kier alpha value is -2.21. The molecule has 0 saturated carbocycles. The van der Waals surface area contributed by atoms with Gasteiger partial charge in [-0.3, -0.25) is 10.1 Å². The maximum Gasteiger partial charge on any atom is 0.337 e. The van der Waals surface area contributed by atoms with Gasteiger partial charge in [0.2, 0.25) is 0 Å². The van der Waals surface area contributed by atoms with E-state index >= 15 is 0 Å². The van der Waals surface area contributed by atoms with Crippen LogP contribution in [0, 0.1) is 16.0 Å². The Kier molecular flexibility index (Phi) is 8.12. The monoisotopic (exact) mass is 353 g/mol. The number of esters is 1. The molecule has 6 nitrogen and oxygen atoms in total. The second kappa shape index (κ2) is 9.82. The Morgan fingerprint density at radius 3 is 2.62 bits per heavy atom. The van der Waals surface area contributed by atoms with Crippen molar-refractivity contribution in [2.45, 2.75) is 32.6 Å². The number of rotatable bonds is 9. The van der Waals surface area contributed by atoms with E-state index in [2.05, 4.69) is 0 Å². The Bertz CT molecular complexity index is 629. The van der Waals surface area contributed by atoms with Gasteiger partial charge in [-0.15, -0.1) is 0 Å². The molecule has 24 heavy (non-hydrogen) atoms. The van der Waals surface area contributed by atoms with E-state index in [4.69, 9.17) is 16.3 Å². The van der Waals surface area contributed by atoms with Crippen molar-refractivity contribution in [1.82, 2.24) is 0 Å². The first-order chi connectivity index (χ1) is 11.4. The van der Waals surface area contributed by atoms with Gasteiger partial charge in [-0.25, -0.2) is 4.79 Å². The van der Waals surface area contributed by atoms with Gasteiger partial charge in [0.05, 0.1) is 23.5 Å². The van der Waals surface area contributed by atoms with Gasteiger partial charge in [0.1, 0.15) is 6.29 Å². The molecule has 0 heterocycles. The predicted molar refractivity (Wildman–Crippen MR) is 90.4 cm³/mol. The lowest BCUT2D eigenvalue weighted by Crippen LogP contribution is -2.22. The van der Waals surface area contributed by atoms with Gasteiger partial charge in [-0.05, 0) is 31.0 Å². The minimum atomic E-state index is -0.874. The molecular formula is C17H20ClNO5. The highest BCUT2D eigenvalue weighted by molar-refractivity contribution is 6.30. The van der Waals surface area contributed by atoms with Crippen molar-refractivity contribution in [3.8, 4) is 0 Å². The highest BCUT2D eigenvalue weighted by Gasteiger charge is 2.34. The number of hydrogen-bond donors (Lipinski definition) is 0. The number of carbonyl (C=O) groups excluding carboxylic acids is 2. The van der Waals surface area contributed by atoms with Crippen LogP contribution in [-0.2, 0) is 14.3 Å². The number of nitrogens with zero attached hydrogens (tertiary/aromatic N) is 1. The number of halogens is 1. The number of hydrogen-bond acceptors (Lipinski definition) is 5. The molecule has 0 aromatic heterocycles. The second-order valence-corrected chi connectivity index (χ2v) is 5.64.